The molecule has 21 heavy (non-hydrogen) atoms. The summed E-state index contributed by atoms with van der Waals surface area (Å²) in [6.07, 6.45) is 0.841. The second kappa shape index (κ2) is 6.68. The molecule has 0 bridgehead atoms. The highest BCUT2D eigenvalue weighted by Gasteiger charge is 2.21. The third-order valence-electron chi connectivity index (χ3n) is 2.98. The molecular weight excluding hydrogens is 295 g/mol. The lowest BCUT2D eigenvalue weighted by atomic mass is 10.2. The Bertz CT molecular complexity index is 647. The fourth-order valence-electron chi connectivity index (χ4n) is 1.97. The highest BCUT2D eigenvalue weighted by Crippen LogP contribution is 2.34. The maximum Gasteiger partial charge on any atom is 0.282 e. The zero-order valence-electron chi connectivity index (χ0n) is 11.7. The van der Waals surface area contributed by atoms with Crippen molar-refractivity contribution in [2.24, 2.45) is 0 Å². The van der Waals surface area contributed by atoms with Crippen LogP contribution in [0.4, 0.5) is 10.1 Å². The smallest absolute Gasteiger partial charge is 0.282 e. The van der Waals surface area contributed by atoms with Gasteiger partial charge in [0.25, 0.3) is 5.69 Å². The molecule has 1 aromatic heterocycles. The minimum atomic E-state index is -0.644. The average molecular weight is 310 g/mol. The molecule has 0 aliphatic rings. The fourth-order valence-corrected chi connectivity index (χ4v) is 3.01. The van der Waals surface area contributed by atoms with Crippen LogP contribution in [0.2, 0.25) is 0 Å². The number of hydrogen-bond donors (Lipinski definition) is 1. The number of hydrogen-bond acceptors (Lipinski definition) is 6. The molecule has 0 amide bonds. The molecule has 0 aliphatic carbocycles. The summed E-state index contributed by atoms with van der Waals surface area (Å²) < 4.78 is 13.2. The first-order valence-electron chi connectivity index (χ1n) is 6.57. The second-order valence-electron chi connectivity index (χ2n) is 4.38. The van der Waals surface area contributed by atoms with Crippen molar-refractivity contribution in [2.75, 3.05) is 6.54 Å². The summed E-state index contributed by atoms with van der Waals surface area (Å²) in [6, 6.07) is 3.52. The minimum absolute atomic E-state index is 0.0701. The Morgan fingerprint density at radius 1 is 1.43 bits per heavy atom. The van der Waals surface area contributed by atoms with E-state index in [1.165, 1.54) is 23.5 Å². The first-order valence-corrected chi connectivity index (χ1v) is 7.39. The van der Waals surface area contributed by atoms with Gasteiger partial charge < -0.3 is 5.32 Å². The summed E-state index contributed by atoms with van der Waals surface area (Å²) >= 11 is 1.28. The molecule has 0 radical (unpaired) electrons. The van der Waals surface area contributed by atoms with Gasteiger partial charge in [-0.05, 0) is 25.1 Å². The van der Waals surface area contributed by atoms with Crippen molar-refractivity contribution in [3.05, 3.63) is 39.1 Å². The van der Waals surface area contributed by atoms with Crippen molar-refractivity contribution >= 4 is 17.0 Å². The highest BCUT2D eigenvalue weighted by atomic mass is 32.1. The molecule has 0 saturated carbocycles. The summed E-state index contributed by atoms with van der Waals surface area (Å²) in [5.74, 6) is -0.644. The Morgan fingerprint density at radius 3 is 2.81 bits per heavy atom. The number of nitro groups is 1. The predicted molar refractivity (Wildman–Crippen MR) is 78.7 cm³/mol. The first-order chi connectivity index (χ1) is 10.1. The maximum absolute atomic E-state index is 13.2. The molecule has 8 heteroatoms. The molecule has 6 nitrogen and oxygen atoms in total. The average Bonchev–Trinajstić information content (AvgIpc) is 2.94. The zero-order valence-corrected chi connectivity index (χ0v) is 12.5. The molecule has 2 rings (SSSR count). The summed E-state index contributed by atoms with van der Waals surface area (Å²) in [4.78, 5) is 10.4. The quantitative estimate of drug-likeness (QED) is 0.654. The fraction of sp³-hybridized carbons (Fsp3) is 0.385. The SMILES string of the molecule is CCNC(CC)c1nnc(-c2ccc(F)cc2[N+](=O)[O-])s1. The van der Waals surface area contributed by atoms with Gasteiger partial charge in [-0.1, -0.05) is 25.2 Å². The van der Waals surface area contributed by atoms with E-state index in [-0.39, 0.29) is 17.3 Å². The van der Waals surface area contributed by atoms with E-state index in [4.69, 9.17) is 0 Å². The van der Waals surface area contributed by atoms with Crippen molar-refractivity contribution in [3.8, 4) is 10.6 Å². The second-order valence-corrected chi connectivity index (χ2v) is 5.39. The lowest BCUT2D eigenvalue weighted by Gasteiger charge is -2.10. The van der Waals surface area contributed by atoms with Gasteiger partial charge in [0.15, 0.2) is 5.01 Å². The van der Waals surface area contributed by atoms with Crippen LogP contribution >= 0.6 is 11.3 Å². The summed E-state index contributed by atoms with van der Waals surface area (Å²) in [5.41, 5.74) is -0.00861. The Labute approximate surface area is 125 Å². The van der Waals surface area contributed by atoms with Crippen LogP contribution < -0.4 is 5.32 Å². The van der Waals surface area contributed by atoms with Crippen LogP contribution in [-0.2, 0) is 0 Å². The van der Waals surface area contributed by atoms with E-state index >= 15 is 0 Å². The molecule has 1 atom stereocenters. The maximum atomic E-state index is 13.2. The van der Waals surface area contributed by atoms with Gasteiger partial charge in [0.2, 0.25) is 0 Å². The third kappa shape index (κ3) is 3.40. The van der Waals surface area contributed by atoms with Crippen molar-refractivity contribution in [1.29, 1.82) is 0 Å². The van der Waals surface area contributed by atoms with Crippen LogP contribution in [0, 0.1) is 15.9 Å². The third-order valence-corrected chi connectivity index (χ3v) is 4.05. The summed E-state index contributed by atoms with van der Waals surface area (Å²) in [5, 5.41) is 23.6. The van der Waals surface area contributed by atoms with Crippen LogP contribution in [0.25, 0.3) is 10.6 Å². The lowest BCUT2D eigenvalue weighted by Crippen LogP contribution is -2.19. The van der Waals surface area contributed by atoms with Gasteiger partial charge in [-0.2, -0.15) is 0 Å². The number of nitrogens with zero attached hydrogens (tertiary/aromatic N) is 3. The molecule has 1 aromatic carbocycles. The minimum Gasteiger partial charge on any atom is -0.308 e. The van der Waals surface area contributed by atoms with Gasteiger partial charge in [-0.3, -0.25) is 10.1 Å². The largest absolute Gasteiger partial charge is 0.308 e. The number of rotatable bonds is 6. The normalized spacial score (nSPS) is 12.3. The molecule has 0 fully saturated rings. The number of nitrogens with one attached hydrogen (secondary N) is 1. The van der Waals surface area contributed by atoms with E-state index in [1.54, 1.807) is 0 Å². The van der Waals surface area contributed by atoms with Gasteiger partial charge in [0.1, 0.15) is 10.8 Å². The van der Waals surface area contributed by atoms with Crippen molar-refractivity contribution in [1.82, 2.24) is 15.5 Å². The van der Waals surface area contributed by atoms with E-state index in [2.05, 4.69) is 15.5 Å². The summed E-state index contributed by atoms with van der Waals surface area (Å²) in [7, 11) is 0. The molecule has 0 saturated heterocycles. The number of nitro benzene ring substituents is 1. The molecule has 0 aliphatic heterocycles. The Hall–Kier alpha value is -1.93. The summed E-state index contributed by atoms with van der Waals surface area (Å²) in [6.45, 7) is 4.81. The molecule has 112 valence electrons. The zero-order chi connectivity index (χ0) is 15.4. The van der Waals surface area contributed by atoms with Crippen molar-refractivity contribution in [2.45, 2.75) is 26.3 Å². The van der Waals surface area contributed by atoms with E-state index in [9.17, 15) is 14.5 Å². The van der Waals surface area contributed by atoms with E-state index in [1.807, 2.05) is 13.8 Å². The van der Waals surface area contributed by atoms with E-state index in [0.717, 1.165) is 24.0 Å². The van der Waals surface area contributed by atoms with Crippen LogP contribution in [-0.4, -0.2) is 21.7 Å². The van der Waals surface area contributed by atoms with Gasteiger partial charge in [0, 0.05) is 0 Å². The van der Waals surface area contributed by atoms with E-state index < -0.39 is 10.7 Å². The Balaban J connectivity index is 2.40. The van der Waals surface area contributed by atoms with Crippen LogP contribution in [0.1, 0.15) is 31.3 Å². The molecule has 1 N–H and O–H groups in total. The number of aromatic nitrogens is 2. The first kappa shape index (κ1) is 15.5. The molecule has 2 aromatic rings. The molecule has 0 spiro atoms. The highest BCUT2D eigenvalue weighted by molar-refractivity contribution is 7.14. The van der Waals surface area contributed by atoms with E-state index in [0.29, 0.717) is 5.01 Å². The van der Waals surface area contributed by atoms with Gasteiger partial charge in [-0.15, -0.1) is 10.2 Å². The van der Waals surface area contributed by atoms with Crippen molar-refractivity contribution < 1.29 is 9.31 Å². The Morgan fingerprint density at radius 2 is 2.19 bits per heavy atom. The molecule has 1 unspecified atom stereocenters. The van der Waals surface area contributed by atoms with Crippen LogP contribution in [0.5, 0.6) is 0 Å². The number of halogens is 1. The molecule has 1 heterocycles. The van der Waals surface area contributed by atoms with Gasteiger partial charge >= 0.3 is 0 Å². The lowest BCUT2D eigenvalue weighted by molar-refractivity contribution is -0.384. The topological polar surface area (TPSA) is 81.0 Å². The van der Waals surface area contributed by atoms with Gasteiger partial charge in [0.05, 0.1) is 22.6 Å². The standard InChI is InChI=1S/C13H15FN4O2S/c1-3-10(15-4-2)13-17-16-12(21-13)9-6-5-8(14)7-11(9)18(19)20/h5-7,10,15H,3-4H2,1-2H3. The predicted octanol–water partition coefficient (Wildman–Crippen LogP) is 3.31. The van der Waals surface area contributed by atoms with Crippen molar-refractivity contribution in [3.63, 3.8) is 0 Å². The number of benzene rings is 1. The molecular formula is C13H15FN4O2S. The van der Waals surface area contributed by atoms with Crippen LogP contribution in [0.3, 0.4) is 0 Å². The Kier molecular flexibility index (Phi) is 4.92. The van der Waals surface area contributed by atoms with Gasteiger partial charge in [-0.25, -0.2) is 4.39 Å². The van der Waals surface area contributed by atoms with Crippen LogP contribution in [0.15, 0.2) is 18.2 Å². The monoisotopic (exact) mass is 310 g/mol.